The topological polar surface area (TPSA) is 96.3 Å². The van der Waals surface area contributed by atoms with Gasteiger partial charge in [-0.25, -0.2) is 4.57 Å². The number of aliphatic hydroxyl groups excluding tert-OH is 1. The van der Waals surface area contributed by atoms with Crippen molar-refractivity contribution in [1.82, 2.24) is 4.90 Å². The van der Waals surface area contributed by atoms with Crippen molar-refractivity contribution in [2.24, 2.45) is 5.41 Å². The molecular weight excluding hydrogens is 520 g/mol. The zero-order valence-corrected chi connectivity index (χ0v) is 19.9. The van der Waals surface area contributed by atoms with Crippen molar-refractivity contribution < 1.29 is 65.3 Å². The molecule has 0 heterocycles. The Kier molecular flexibility index (Phi) is 15.8. The predicted molar refractivity (Wildman–Crippen MR) is 99.7 cm³/mol. The van der Waals surface area contributed by atoms with Gasteiger partial charge in [0, 0.05) is 49.3 Å². The van der Waals surface area contributed by atoms with Crippen molar-refractivity contribution in [2.75, 3.05) is 20.2 Å². The van der Waals surface area contributed by atoms with Gasteiger partial charge in [-0.3, -0.25) is 13.8 Å². The molecule has 167 valence electrons. The molecule has 0 saturated heterocycles. The Balaban J connectivity index is -0.000000951. The van der Waals surface area contributed by atoms with E-state index in [-0.39, 0.29) is 50.0 Å². The first kappa shape index (κ1) is 31.5. The number of hydrogen-bond donors (Lipinski definition) is 2. The smallest absolute Gasteiger partial charge is 0.383 e. The largest absolute Gasteiger partial charge is 0.472 e. The van der Waals surface area contributed by atoms with Crippen LogP contribution in [0.1, 0.15) is 55.4 Å². The Morgan fingerprint density at radius 2 is 1.62 bits per heavy atom. The van der Waals surface area contributed by atoms with E-state index in [4.69, 9.17) is 9.05 Å². The summed E-state index contributed by atoms with van der Waals surface area (Å²) in [5.41, 5.74) is -1.91. The number of aliphatic hydroxyl groups is 1. The van der Waals surface area contributed by atoms with E-state index in [0.29, 0.717) is 0 Å². The first-order valence-electron chi connectivity index (χ1n) is 8.12. The SMILES string of the molecule is C[C-](C)C.[CH2-]CN(C)C(=O)C(O)C(C)(C)COP(=O)(O)OC(C)(C)C.[Lu]. The van der Waals surface area contributed by atoms with E-state index in [0.717, 1.165) is 0 Å². The van der Waals surface area contributed by atoms with Gasteiger partial charge in [0.15, 0.2) is 0 Å². The standard InChI is InChI=1S/C13H27NO6P.C4H9.Lu/c1-8-14(7)11(16)10(15)13(5,6)9-19-21(17,18)20-12(2,3)4;1-4(2)3;/h10,15H,1,8-9H2,2-7H3,(H,17,18);1-3H3;/q2*-1;. The third-order valence-electron chi connectivity index (χ3n) is 2.67. The van der Waals surface area contributed by atoms with Crippen LogP contribution in [0.5, 0.6) is 0 Å². The Morgan fingerprint density at radius 3 is 1.92 bits per heavy atom. The Hall–Kier alpha value is 0.774. The number of likely N-dealkylation sites (N-methyl/N-ethyl adjacent to an activating group) is 1. The molecule has 0 aromatic carbocycles. The van der Waals surface area contributed by atoms with Crippen LogP contribution in [0.4, 0.5) is 0 Å². The van der Waals surface area contributed by atoms with Crippen LogP contribution < -0.4 is 0 Å². The van der Waals surface area contributed by atoms with Gasteiger partial charge in [-0.15, -0.1) is 6.54 Å². The van der Waals surface area contributed by atoms with Crippen LogP contribution in [0.2, 0.25) is 0 Å². The number of amides is 1. The summed E-state index contributed by atoms with van der Waals surface area (Å²) in [6, 6.07) is 0. The number of nitrogens with zero attached hydrogens (tertiary/aromatic N) is 1. The van der Waals surface area contributed by atoms with Crippen LogP contribution in [0.15, 0.2) is 0 Å². The van der Waals surface area contributed by atoms with E-state index in [1.165, 1.54) is 17.9 Å². The summed E-state index contributed by atoms with van der Waals surface area (Å²) in [5.74, 6) is 0.892. The first-order chi connectivity index (χ1) is 10.9. The number of phosphoric ester groups is 1. The van der Waals surface area contributed by atoms with E-state index in [1.54, 1.807) is 34.6 Å². The fourth-order valence-electron chi connectivity index (χ4n) is 1.35. The molecule has 0 spiro atoms. The van der Waals surface area contributed by atoms with Crippen molar-refractivity contribution in [2.45, 2.75) is 67.1 Å². The van der Waals surface area contributed by atoms with Crippen LogP contribution >= 0.6 is 7.82 Å². The maximum atomic E-state index is 11.9. The number of hydrogen-bond acceptors (Lipinski definition) is 5. The van der Waals surface area contributed by atoms with E-state index in [1.807, 2.05) is 0 Å². The van der Waals surface area contributed by atoms with Gasteiger partial charge in [-0.05, 0) is 20.8 Å². The Bertz CT molecular complexity index is 448. The van der Waals surface area contributed by atoms with Gasteiger partial charge in [0.2, 0.25) is 5.91 Å². The molecule has 0 saturated carbocycles. The minimum atomic E-state index is -4.26. The van der Waals surface area contributed by atoms with Crippen LogP contribution in [0.25, 0.3) is 0 Å². The summed E-state index contributed by atoms with van der Waals surface area (Å²) in [6.07, 6.45) is -1.38. The summed E-state index contributed by atoms with van der Waals surface area (Å²) in [5, 5.41) is 10.1. The average Bonchev–Trinajstić information content (AvgIpc) is 2.39. The number of rotatable bonds is 7. The molecule has 0 bridgehead atoms. The third-order valence-corrected chi connectivity index (χ3v) is 3.91. The van der Waals surface area contributed by atoms with Crippen molar-refractivity contribution in [1.29, 1.82) is 0 Å². The molecule has 7 nitrogen and oxygen atoms in total. The average molecular weight is 556 g/mol. The summed E-state index contributed by atoms with van der Waals surface area (Å²) in [6.45, 7) is 17.7. The molecule has 1 radical (unpaired) electrons. The second-order valence-corrected chi connectivity index (χ2v) is 9.47. The molecular formula is C17H36LuNO6P-2. The minimum Gasteiger partial charge on any atom is -0.383 e. The molecule has 2 unspecified atom stereocenters. The molecule has 0 aromatic rings. The van der Waals surface area contributed by atoms with Crippen molar-refractivity contribution in [3.05, 3.63) is 12.8 Å². The van der Waals surface area contributed by atoms with Crippen LogP contribution in [0.3, 0.4) is 0 Å². The van der Waals surface area contributed by atoms with Gasteiger partial charge >= 0.3 is 7.82 Å². The molecule has 1 amide bonds. The van der Waals surface area contributed by atoms with Crippen molar-refractivity contribution >= 4 is 13.7 Å². The fraction of sp³-hybridized carbons (Fsp3) is 0.824. The second kappa shape index (κ2) is 13.1. The normalized spacial score (nSPS) is 15.3. The third kappa shape index (κ3) is 15.8. The number of carbonyl (C=O) groups is 1. The van der Waals surface area contributed by atoms with Crippen LogP contribution in [-0.4, -0.2) is 52.7 Å². The summed E-state index contributed by atoms with van der Waals surface area (Å²) >= 11 is 0. The van der Waals surface area contributed by atoms with Crippen molar-refractivity contribution in [3.63, 3.8) is 0 Å². The maximum Gasteiger partial charge on any atom is 0.472 e. The van der Waals surface area contributed by atoms with Gasteiger partial charge in [-0.1, -0.05) is 13.8 Å². The molecule has 0 aliphatic carbocycles. The quantitative estimate of drug-likeness (QED) is 0.370. The Labute approximate surface area is 188 Å². The molecule has 0 fully saturated rings. The molecule has 9 heteroatoms. The molecule has 2 atom stereocenters. The van der Waals surface area contributed by atoms with Crippen LogP contribution in [-0.2, 0) is 18.4 Å². The van der Waals surface area contributed by atoms with Gasteiger partial charge in [0.25, 0.3) is 0 Å². The van der Waals surface area contributed by atoms with E-state index in [2.05, 4.69) is 27.7 Å². The molecule has 0 aromatic heterocycles. The summed E-state index contributed by atoms with van der Waals surface area (Å²) < 4.78 is 21.6. The zero-order chi connectivity index (χ0) is 20.6. The number of carbonyl (C=O) groups excluding carboxylic acids is 1. The molecule has 2 N–H and O–H groups in total. The zero-order valence-electron chi connectivity index (χ0n) is 17.4. The predicted octanol–water partition coefficient (Wildman–Crippen LogP) is 3.22. The van der Waals surface area contributed by atoms with E-state index >= 15 is 0 Å². The van der Waals surface area contributed by atoms with Gasteiger partial charge in [0.05, 0.1) is 12.2 Å². The van der Waals surface area contributed by atoms with E-state index < -0.39 is 30.8 Å². The second-order valence-electron chi connectivity index (χ2n) is 8.10. The Morgan fingerprint density at radius 1 is 1.23 bits per heavy atom. The molecule has 0 aliphatic heterocycles. The van der Waals surface area contributed by atoms with Crippen molar-refractivity contribution in [3.8, 4) is 0 Å². The molecule has 0 aliphatic rings. The minimum absolute atomic E-state index is 0. The molecule has 0 rings (SSSR count). The maximum absolute atomic E-state index is 11.9. The van der Waals surface area contributed by atoms with Gasteiger partial charge < -0.3 is 27.7 Å². The van der Waals surface area contributed by atoms with Gasteiger partial charge in [0.1, 0.15) is 6.10 Å². The van der Waals surface area contributed by atoms with Gasteiger partial charge in [-0.2, -0.15) is 20.8 Å². The van der Waals surface area contributed by atoms with Crippen LogP contribution in [0, 0.1) is 55.1 Å². The number of phosphoric acid groups is 1. The summed E-state index contributed by atoms with van der Waals surface area (Å²) in [4.78, 5) is 22.8. The molecule has 26 heavy (non-hydrogen) atoms. The first-order valence-corrected chi connectivity index (χ1v) is 9.62. The fourth-order valence-corrected chi connectivity index (χ4v) is 2.59. The monoisotopic (exact) mass is 556 g/mol. The summed E-state index contributed by atoms with van der Waals surface area (Å²) in [7, 11) is -2.75. The van der Waals surface area contributed by atoms with E-state index in [9.17, 15) is 19.4 Å².